The molecule has 1 aliphatic heterocycles. The largest absolute Gasteiger partial charge is 0.493 e. The Bertz CT molecular complexity index is 1110. The predicted molar refractivity (Wildman–Crippen MR) is 128 cm³/mol. The highest BCUT2D eigenvalue weighted by atomic mass is 16.5. The van der Waals surface area contributed by atoms with E-state index in [4.69, 9.17) is 9.47 Å². The summed E-state index contributed by atoms with van der Waals surface area (Å²) in [5, 5.41) is 0. The van der Waals surface area contributed by atoms with E-state index in [-0.39, 0.29) is 11.8 Å². The zero-order chi connectivity index (χ0) is 23.2. The summed E-state index contributed by atoms with van der Waals surface area (Å²) in [4.78, 5) is 29.8. The van der Waals surface area contributed by atoms with Gasteiger partial charge in [-0.25, -0.2) is 0 Å². The molecule has 0 radical (unpaired) electrons. The standard InChI is InChI=1S/C27H28N2O4/c1-32-24-14-13-23(19-25(24)33-2)27(31)29-16-6-15-28(17-18-29)26(30)22-11-9-21(10-12-22)20-7-4-3-5-8-20/h3-5,7-14,19H,6,15-18H2,1-2H3. The van der Waals surface area contributed by atoms with Gasteiger partial charge in [-0.05, 0) is 47.9 Å². The number of ether oxygens (including phenoxy) is 2. The van der Waals surface area contributed by atoms with Crippen LogP contribution in [0.15, 0.2) is 72.8 Å². The van der Waals surface area contributed by atoms with Crippen LogP contribution in [-0.2, 0) is 0 Å². The Hall–Kier alpha value is -3.80. The van der Waals surface area contributed by atoms with Crippen molar-refractivity contribution in [2.45, 2.75) is 6.42 Å². The molecule has 0 aromatic heterocycles. The summed E-state index contributed by atoms with van der Waals surface area (Å²) in [5.74, 6) is 1.03. The lowest BCUT2D eigenvalue weighted by Crippen LogP contribution is -2.37. The summed E-state index contributed by atoms with van der Waals surface area (Å²) in [5.41, 5.74) is 3.41. The Kier molecular flexibility index (Phi) is 6.93. The van der Waals surface area contributed by atoms with Crippen LogP contribution in [0.4, 0.5) is 0 Å². The molecule has 1 saturated heterocycles. The van der Waals surface area contributed by atoms with Crippen molar-refractivity contribution in [1.29, 1.82) is 0 Å². The second-order valence-electron chi connectivity index (χ2n) is 7.95. The molecule has 6 heteroatoms. The van der Waals surface area contributed by atoms with Crippen LogP contribution in [0.2, 0.25) is 0 Å². The average molecular weight is 445 g/mol. The van der Waals surface area contributed by atoms with Crippen molar-refractivity contribution in [2.75, 3.05) is 40.4 Å². The Morgan fingerprint density at radius 2 is 1.18 bits per heavy atom. The maximum Gasteiger partial charge on any atom is 0.254 e. The lowest BCUT2D eigenvalue weighted by molar-refractivity contribution is 0.0718. The number of benzene rings is 3. The van der Waals surface area contributed by atoms with E-state index in [1.165, 1.54) is 0 Å². The molecule has 0 spiro atoms. The molecule has 1 fully saturated rings. The number of hydrogen-bond acceptors (Lipinski definition) is 4. The molecule has 33 heavy (non-hydrogen) atoms. The summed E-state index contributed by atoms with van der Waals surface area (Å²) in [6.45, 7) is 2.21. The van der Waals surface area contributed by atoms with Gasteiger partial charge in [-0.15, -0.1) is 0 Å². The number of methoxy groups -OCH3 is 2. The van der Waals surface area contributed by atoms with E-state index in [9.17, 15) is 9.59 Å². The Labute approximate surface area is 194 Å². The minimum atomic E-state index is -0.0718. The van der Waals surface area contributed by atoms with Crippen LogP contribution in [0.3, 0.4) is 0 Å². The smallest absolute Gasteiger partial charge is 0.254 e. The maximum absolute atomic E-state index is 13.1. The zero-order valence-corrected chi connectivity index (χ0v) is 19.0. The molecular formula is C27H28N2O4. The first-order valence-electron chi connectivity index (χ1n) is 11.1. The van der Waals surface area contributed by atoms with E-state index in [0.29, 0.717) is 48.8 Å². The normalized spacial score (nSPS) is 13.9. The van der Waals surface area contributed by atoms with Crippen LogP contribution in [0.1, 0.15) is 27.1 Å². The minimum absolute atomic E-state index is 0.00460. The van der Waals surface area contributed by atoms with E-state index in [1.807, 2.05) is 47.4 Å². The van der Waals surface area contributed by atoms with Gasteiger partial charge >= 0.3 is 0 Å². The first kappa shape index (κ1) is 22.4. The summed E-state index contributed by atoms with van der Waals surface area (Å²) >= 11 is 0. The van der Waals surface area contributed by atoms with Gasteiger partial charge in [-0.3, -0.25) is 9.59 Å². The molecule has 0 aliphatic carbocycles. The van der Waals surface area contributed by atoms with Gasteiger partial charge in [0.25, 0.3) is 11.8 Å². The summed E-state index contributed by atoms with van der Waals surface area (Å²) < 4.78 is 10.6. The van der Waals surface area contributed by atoms with Crippen molar-refractivity contribution < 1.29 is 19.1 Å². The van der Waals surface area contributed by atoms with E-state index in [1.54, 1.807) is 37.3 Å². The highest BCUT2D eigenvalue weighted by molar-refractivity contribution is 5.96. The topological polar surface area (TPSA) is 59.1 Å². The van der Waals surface area contributed by atoms with Crippen molar-refractivity contribution in [1.82, 2.24) is 9.80 Å². The fraction of sp³-hybridized carbons (Fsp3) is 0.259. The van der Waals surface area contributed by atoms with Crippen LogP contribution in [0.25, 0.3) is 11.1 Å². The van der Waals surface area contributed by atoms with Gasteiger partial charge in [-0.1, -0.05) is 42.5 Å². The number of carbonyl (C=O) groups excluding carboxylic acids is 2. The van der Waals surface area contributed by atoms with Crippen molar-refractivity contribution >= 4 is 11.8 Å². The van der Waals surface area contributed by atoms with Crippen molar-refractivity contribution in [3.8, 4) is 22.6 Å². The van der Waals surface area contributed by atoms with Gasteiger partial charge in [0.2, 0.25) is 0 Å². The quantitative estimate of drug-likeness (QED) is 0.587. The first-order chi connectivity index (χ1) is 16.1. The molecule has 0 saturated carbocycles. The van der Waals surface area contributed by atoms with Crippen LogP contribution >= 0.6 is 0 Å². The molecule has 170 valence electrons. The van der Waals surface area contributed by atoms with Crippen LogP contribution in [0, 0.1) is 0 Å². The van der Waals surface area contributed by atoms with Crippen molar-refractivity contribution in [3.05, 3.63) is 83.9 Å². The van der Waals surface area contributed by atoms with E-state index >= 15 is 0 Å². The fourth-order valence-corrected chi connectivity index (χ4v) is 4.09. The number of hydrogen-bond donors (Lipinski definition) is 0. The van der Waals surface area contributed by atoms with Crippen LogP contribution in [0.5, 0.6) is 11.5 Å². The highest BCUT2D eigenvalue weighted by Crippen LogP contribution is 2.28. The monoisotopic (exact) mass is 444 g/mol. The third kappa shape index (κ3) is 5.00. The average Bonchev–Trinajstić information content (AvgIpc) is 3.14. The molecule has 0 unspecified atom stereocenters. The van der Waals surface area contributed by atoms with Gasteiger partial charge in [0, 0.05) is 37.3 Å². The summed E-state index contributed by atoms with van der Waals surface area (Å²) in [6.07, 6.45) is 0.729. The Balaban J connectivity index is 1.41. The van der Waals surface area contributed by atoms with Gasteiger partial charge < -0.3 is 19.3 Å². The molecular weight excluding hydrogens is 416 g/mol. The fourth-order valence-electron chi connectivity index (χ4n) is 4.09. The first-order valence-corrected chi connectivity index (χ1v) is 11.1. The van der Waals surface area contributed by atoms with E-state index in [2.05, 4.69) is 12.1 Å². The zero-order valence-electron chi connectivity index (χ0n) is 19.0. The summed E-state index contributed by atoms with van der Waals surface area (Å²) in [6, 6.07) is 23.0. The molecule has 0 bridgehead atoms. The van der Waals surface area contributed by atoms with Gasteiger partial charge in [0.15, 0.2) is 11.5 Å². The van der Waals surface area contributed by atoms with Crippen molar-refractivity contribution in [2.24, 2.45) is 0 Å². The number of amides is 2. The van der Waals surface area contributed by atoms with Crippen LogP contribution < -0.4 is 9.47 Å². The molecule has 4 rings (SSSR count). The third-order valence-corrected chi connectivity index (χ3v) is 5.94. The predicted octanol–water partition coefficient (Wildman–Crippen LogP) is 4.36. The summed E-state index contributed by atoms with van der Waals surface area (Å²) in [7, 11) is 3.11. The van der Waals surface area contributed by atoms with Gasteiger partial charge in [0.05, 0.1) is 14.2 Å². The number of carbonyl (C=O) groups is 2. The lowest BCUT2D eigenvalue weighted by Gasteiger charge is -2.23. The van der Waals surface area contributed by atoms with Crippen molar-refractivity contribution in [3.63, 3.8) is 0 Å². The molecule has 0 N–H and O–H groups in total. The van der Waals surface area contributed by atoms with Gasteiger partial charge in [0.1, 0.15) is 0 Å². The van der Waals surface area contributed by atoms with E-state index in [0.717, 1.165) is 17.5 Å². The molecule has 6 nitrogen and oxygen atoms in total. The maximum atomic E-state index is 13.1. The second kappa shape index (κ2) is 10.2. The molecule has 0 atom stereocenters. The number of rotatable bonds is 5. The molecule has 3 aromatic rings. The molecule has 3 aromatic carbocycles. The SMILES string of the molecule is COc1ccc(C(=O)N2CCCN(C(=O)c3ccc(-c4ccccc4)cc3)CC2)cc1OC. The minimum Gasteiger partial charge on any atom is -0.493 e. The highest BCUT2D eigenvalue weighted by Gasteiger charge is 2.24. The van der Waals surface area contributed by atoms with Crippen LogP contribution in [-0.4, -0.2) is 62.0 Å². The third-order valence-electron chi connectivity index (χ3n) is 5.94. The second-order valence-corrected chi connectivity index (χ2v) is 7.95. The molecule has 1 heterocycles. The molecule has 1 aliphatic rings. The Morgan fingerprint density at radius 1 is 0.636 bits per heavy atom. The Morgan fingerprint density at radius 3 is 1.79 bits per heavy atom. The number of nitrogens with zero attached hydrogens (tertiary/aromatic N) is 2. The lowest BCUT2D eigenvalue weighted by atomic mass is 10.0. The van der Waals surface area contributed by atoms with Gasteiger partial charge in [-0.2, -0.15) is 0 Å². The molecule has 2 amide bonds. The van der Waals surface area contributed by atoms with E-state index < -0.39 is 0 Å².